The average molecular weight is 319 g/mol. The van der Waals surface area contributed by atoms with Crippen LogP contribution in [0.25, 0.3) is 0 Å². The van der Waals surface area contributed by atoms with E-state index in [4.69, 9.17) is 11.6 Å². The number of nitrogens with zero attached hydrogens (tertiary/aromatic N) is 2. The van der Waals surface area contributed by atoms with Gasteiger partial charge in [-0.2, -0.15) is 0 Å². The third-order valence-corrected chi connectivity index (χ3v) is 5.28. The second kappa shape index (κ2) is 7.86. The molecule has 0 aliphatic rings. The summed E-state index contributed by atoms with van der Waals surface area (Å²) in [5.41, 5.74) is 1.02. The van der Waals surface area contributed by atoms with Crippen molar-refractivity contribution in [2.75, 3.05) is 38.5 Å². The van der Waals surface area contributed by atoms with Crippen molar-refractivity contribution in [2.45, 2.75) is 24.2 Å². The van der Waals surface area contributed by atoms with E-state index < -0.39 is 10.0 Å². The van der Waals surface area contributed by atoms with E-state index in [1.165, 1.54) is 18.4 Å². The number of anilines is 1. The van der Waals surface area contributed by atoms with Crippen molar-refractivity contribution in [3.05, 3.63) is 24.3 Å². The van der Waals surface area contributed by atoms with Crippen molar-refractivity contribution in [2.24, 2.45) is 0 Å². The van der Waals surface area contributed by atoms with Crippen LogP contribution in [0.2, 0.25) is 0 Å². The summed E-state index contributed by atoms with van der Waals surface area (Å²) in [6.45, 7) is 0.941. The summed E-state index contributed by atoms with van der Waals surface area (Å²) in [4.78, 5) is 2.45. The first-order valence-corrected chi connectivity index (χ1v) is 8.66. The molecular formula is C14H23ClN2O2S. The number of hydrogen-bond acceptors (Lipinski definition) is 3. The second-order valence-corrected chi connectivity index (χ2v) is 7.48. The molecular weight excluding hydrogens is 296 g/mol. The van der Waals surface area contributed by atoms with Crippen LogP contribution < -0.4 is 4.90 Å². The van der Waals surface area contributed by atoms with Crippen LogP contribution >= 0.6 is 11.6 Å². The van der Waals surface area contributed by atoms with Gasteiger partial charge in [-0.3, -0.25) is 0 Å². The first kappa shape index (κ1) is 17.3. The molecule has 0 saturated carbocycles. The van der Waals surface area contributed by atoms with E-state index >= 15 is 0 Å². The van der Waals surface area contributed by atoms with Gasteiger partial charge in [-0.25, -0.2) is 12.7 Å². The lowest BCUT2D eigenvalue weighted by Crippen LogP contribution is -2.22. The summed E-state index contributed by atoms with van der Waals surface area (Å²) in [5, 5.41) is 0. The molecule has 1 rings (SSSR count). The van der Waals surface area contributed by atoms with Crippen molar-refractivity contribution in [1.82, 2.24) is 4.31 Å². The average Bonchev–Trinajstić information content (AvgIpc) is 2.43. The Morgan fingerprint density at radius 3 is 2.10 bits per heavy atom. The molecule has 6 heteroatoms. The normalized spacial score (nSPS) is 11.8. The van der Waals surface area contributed by atoms with Crippen molar-refractivity contribution >= 4 is 27.3 Å². The van der Waals surface area contributed by atoms with Gasteiger partial charge in [-0.1, -0.05) is 6.42 Å². The van der Waals surface area contributed by atoms with Gasteiger partial charge in [0.1, 0.15) is 0 Å². The molecule has 1 aromatic rings. The maximum absolute atomic E-state index is 12.0. The lowest BCUT2D eigenvalue weighted by Gasteiger charge is -2.20. The largest absolute Gasteiger partial charge is 0.375 e. The predicted octanol–water partition coefficient (Wildman–Crippen LogP) is 2.78. The molecule has 0 radical (unpaired) electrons. The summed E-state index contributed by atoms with van der Waals surface area (Å²) in [5.74, 6) is 0.709. The quantitative estimate of drug-likeness (QED) is 0.546. The minimum Gasteiger partial charge on any atom is -0.375 e. The lowest BCUT2D eigenvalue weighted by molar-refractivity contribution is 0.521. The molecule has 0 unspecified atom stereocenters. The van der Waals surface area contributed by atoms with Gasteiger partial charge in [-0.05, 0) is 37.1 Å². The molecule has 0 aromatic heterocycles. The molecule has 4 nitrogen and oxygen atoms in total. The Labute approximate surface area is 127 Å². The van der Waals surface area contributed by atoms with E-state index in [0.717, 1.165) is 31.5 Å². The van der Waals surface area contributed by atoms with Crippen molar-refractivity contribution < 1.29 is 8.42 Å². The number of unbranched alkanes of at least 4 members (excludes halogenated alkanes) is 2. The number of hydrogen-bond donors (Lipinski definition) is 0. The predicted molar refractivity (Wildman–Crippen MR) is 85.2 cm³/mol. The molecule has 0 fully saturated rings. The Morgan fingerprint density at radius 2 is 1.60 bits per heavy atom. The molecule has 0 aliphatic carbocycles. The molecule has 0 heterocycles. The summed E-state index contributed by atoms with van der Waals surface area (Å²) in [7, 11) is 1.73. The minimum absolute atomic E-state index is 0.321. The highest BCUT2D eigenvalue weighted by molar-refractivity contribution is 7.89. The molecule has 0 spiro atoms. The van der Waals surface area contributed by atoms with Crippen LogP contribution in [0.1, 0.15) is 19.3 Å². The van der Waals surface area contributed by atoms with Gasteiger partial charge in [-0.15, -0.1) is 11.6 Å². The van der Waals surface area contributed by atoms with Crippen LogP contribution in [0.15, 0.2) is 29.2 Å². The van der Waals surface area contributed by atoms with E-state index in [0.29, 0.717) is 10.8 Å². The molecule has 0 atom stereocenters. The Bertz CT molecular complexity index is 500. The van der Waals surface area contributed by atoms with E-state index in [9.17, 15) is 8.42 Å². The first-order chi connectivity index (χ1) is 9.39. The first-order valence-electron chi connectivity index (χ1n) is 6.69. The van der Waals surface area contributed by atoms with Crippen LogP contribution in [-0.4, -0.2) is 46.3 Å². The Kier molecular flexibility index (Phi) is 6.79. The maximum atomic E-state index is 12.0. The number of benzene rings is 1. The smallest absolute Gasteiger partial charge is 0.242 e. The summed E-state index contributed by atoms with van der Waals surface area (Å²) < 4.78 is 25.1. The Balaban J connectivity index is 2.67. The van der Waals surface area contributed by atoms with Gasteiger partial charge >= 0.3 is 0 Å². The fraction of sp³-hybridized carbons (Fsp3) is 0.571. The molecule has 0 amide bonds. The van der Waals surface area contributed by atoms with Gasteiger partial charge in [0.2, 0.25) is 10.0 Å². The second-order valence-electron chi connectivity index (χ2n) is 4.95. The highest BCUT2D eigenvalue weighted by atomic mass is 35.5. The Morgan fingerprint density at radius 1 is 1.00 bits per heavy atom. The molecule has 1 aromatic carbocycles. The van der Waals surface area contributed by atoms with Gasteiger partial charge in [0, 0.05) is 39.3 Å². The third-order valence-electron chi connectivity index (χ3n) is 3.18. The zero-order valence-corrected chi connectivity index (χ0v) is 13.9. The van der Waals surface area contributed by atoms with E-state index in [1.807, 2.05) is 19.2 Å². The number of alkyl halides is 1. The highest BCUT2D eigenvalue weighted by Gasteiger charge is 2.16. The number of sulfonamides is 1. The van der Waals surface area contributed by atoms with Crippen LogP contribution in [0.4, 0.5) is 5.69 Å². The molecule has 114 valence electrons. The highest BCUT2D eigenvalue weighted by Crippen LogP contribution is 2.19. The standard InChI is InChI=1S/C14H23ClN2O2S/c1-16(2)20(18,19)14-9-7-13(8-10-14)17(3)12-6-4-5-11-15/h7-10H,4-6,11-12H2,1-3H3. The Hall–Kier alpha value is -0.780. The van der Waals surface area contributed by atoms with Crippen LogP contribution in [0, 0.1) is 0 Å². The van der Waals surface area contributed by atoms with Crippen LogP contribution in [-0.2, 0) is 10.0 Å². The van der Waals surface area contributed by atoms with E-state index in [-0.39, 0.29) is 0 Å². The van der Waals surface area contributed by atoms with Crippen molar-refractivity contribution in [3.8, 4) is 0 Å². The molecule has 20 heavy (non-hydrogen) atoms. The minimum atomic E-state index is -3.34. The lowest BCUT2D eigenvalue weighted by atomic mass is 10.2. The molecule has 0 N–H and O–H groups in total. The summed E-state index contributed by atoms with van der Waals surface area (Å²) in [6, 6.07) is 7.00. The van der Waals surface area contributed by atoms with E-state index in [1.54, 1.807) is 12.1 Å². The fourth-order valence-electron chi connectivity index (χ4n) is 1.83. The van der Waals surface area contributed by atoms with Crippen LogP contribution in [0.3, 0.4) is 0 Å². The summed E-state index contributed by atoms with van der Waals surface area (Å²) in [6.07, 6.45) is 3.23. The van der Waals surface area contributed by atoms with E-state index in [2.05, 4.69) is 4.90 Å². The molecule has 0 bridgehead atoms. The van der Waals surface area contributed by atoms with Crippen molar-refractivity contribution in [3.63, 3.8) is 0 Å². The number of halogens is 1. The van der Waals surface area contributed by atoms with Gasteiger partial charge < -0.3 is 4.90 Å². The third kappa shape index (κ3) is 4.65. The molecule has 0 aliphatic heterocycles. The maximum Gasteiger partial charge on any atom is 0.242 e. The zero-order chi connectivity index (χ0) is 15.2. The zero-order valence-electron chi connectivity index (χ0n) is 12.3. The SMILES string of the molecule is CN(CCCCCCl)c1ccc(S(=O)(=O)N(C)C)cc1. The van der Waals surface area contributed by atoms with Crippen LogP contribution in [0.5, 0.6) is 0 Å². The number of rotatable bonds is 8. The van der Waals surface area contributed by atoms with Crippen molar-refractivity contribution in [1.29, 1.82) is 0 Å². The van der Waals surface area contributed by atoms with Gasteiger partial charge in [0.05, 0.1) is 4.90 Å². The monoisotopic (exact) mass is 318 g/mol. The van der Waals surface area contributed by atoms with Gasteiger partial charge in [0.15, 0.2) is 0 Å². The van der Waals surface area contributed by atoms with Gasteiger partial charge in [0.25, 0.3) is 0 Å². The fourth-order valence-corrected chi connectivity index (χ4v) is 2.92. The summed E-state index contributed by atoms with van der Waals surface area (Å²) >= 11 is 5.65. The topological polar surface area (TPSA) is 40.6 Å². The molecule has 0 saturated heterocycles.